The van der Waals surface area contributed by atoms with Gasteiger partial charge < -0.3 is 29.5 Å². The number of carbonyl (C=O) groups is 1. The molecule has 10 atom stereocenters. The van der Waals surface area contributed by atoms with Crippen LogP contribution in [-0.4, -0.2) is 58.8 Å². The van der Waals surface area contributed by atoms with Crippen molar-refractivity contribution in [2.45, 2.75) is 69.9 Å². The van der Waals surface area contributed by atoms with Gasteiger partial charge in [0.15, 0.2) is 12.1 Å². The number of methoxy groups -OCH3 is 1. The lowest BCUT2D eigenvalue weighted by molar-refractivity contribution is -0.496. The molecule has 7 nitrogen and oxygen atoms in total. The van der Waals surface area contributed by atoms with Crippen molar-refractivity contribution in [2.75, 3.05) is 7.11 Å². The van der Waals surface area contributed by atoms with Gasteiger partial charge in [-0.25, -0.2) is 4.79 Å². The average molecular weight is 394 g/mol. The summed E-state index contributed by atoms with van der Waals surface area (Å²) in [7, 11) is 1.50. The molecule has 6 aliphatic rings. The second-order valence-electron chi connectivity index (χ2n) is 10.2. The molecule has 0 aromatic carbocycles. The highest BCUT2D eigenvalue weighted by Crippen LogP contribution is 2.72. The Balaban J connectivity index is 1.73. The maximum absolute atomic E-state index is 12.4. The van der Waals surface area contributed by atoms with E-state index in [4.69, 9.17) is 14.2 Å². The molecule has 0 amide bonds. The second kappa shape index (κ2) is 5.58. The summed E-state index contributed by atoms with van der Waals surface area (Å²) in [5.74, 6) is -3.60. The van der Waals surface area contributed by atoms with Crippen LogP contribution in [-0.2, 0) is 19.0 Å². The fourth-order valence-corrected chi connectivity index (χ4v) is 7.65. The van der Waals surface area contributed by atoms with E-state index in [0.717, 1.165) is 0 Å². The van der Waals surface area contributed by atoms with E-state index in [1.165, 1.54) is 7.11 Å². The minimum atomic E-state index is -1.81. The molecule has 6 rings (SSSR count). The number of ether oxygens (including phenoxy) is 3. The zero-order valence-electron chi connectivity index (χ0n) is 16.6. The first-order chi connectivity index (χ1) is 13.1. The van der Waals surface area contributed by atoms with Crippen molar-refractivity contribution in [2.24, 2.45) is 34.5 Å². The lowest BCUT2D eigenvalue weighted by Crippen LogP contribution is -2.84. The average Bonchev–Trinajstić information content (AvgIpc) is 2.64. The number of aliphatic hydroxyl groups excluding tert-OH is 2. The van der Waals surface area contributed by atoms with Crippen LogP contribution in [0.4, 0.5) is 0 Å². The molecule has 3 aliphatic heterocycles. The molecule has 3 saturated carbocycles. The Hall–Kier alpha value is -0.990. The monoisotopic (exact) mass is 394 g/mol. The highest BCUT2D eigenvalue weighted by atomic mass is 16.7. The van der Waals surface area contributed by atoms with Gasteiger partial charge in [-0.3, -0.25) is 0 Å². The molecule has 3 saturated heterocycles. The molecule has 1 spiro atoms. The van der Waals surface area contributed by atoms with Gasteiger partial charge in [-0.15, -0.1) is 0 Å². The maximum Gasteiger partial charge on any atom is 0.333 e. The number of carbonyl (C=O) groups excluding carboxylic acids is 1. The van der Waals surface area contributed by atoms with Crippen molar-refractivity contribution < 1.29 is 34.3 Å². The largest absolute Gasteiger partial charge is 0.459 e. The van der Waals surface area contributed by atoms with Gasteiger partial charge in [0.25, 0.3) is 0 Å². The molecule has 7 heteroatoms. The van der Waals surface area contributed by atoms with Crippen molar-refractivity contribution in [1.82, 2.24) is 0 Å². The Labute approximate surface area is 164 Å². The smallest absolute Gasteiger partial charge is 0.333 e. The van der Waals surface area contributed by atoms with Gasteiger partial charge in [0, 0.05) is 30.4 Å². The van der Waals surface area contributed by atoms with Crippen molar-refractivity contribution >= 4 is 5.97 Å². The predicted octanol–water partition coefficient (Wildman–Crippen LogP) is 0.960. The molecule has 3 aliphatic carbocycles. The van der Waals surface area contributed by atoms with E-state index in [1.807, 2.05) is 0 Å². The van der Waals surface area contributed by atoms with Crippen molar-refractivity contribution in [3.05, 3.63) is 12.2 Å². The topological polar surface area (TPSA) is 105 Å². The SMILES string of the molecule is C=C1C(=O)O[C@H]2C[C@@H]1C[C@H]1[C@@H]2[C@@]23[C@@H](OC)O[C@@]1(O)[C@@H](O)[C@@H]2C(C)(C)CC[C@@H]3O. The van der Waals surface area contributed by atoms with Gasteiger partial charge in [0.1, 0.15) is 12.2 Å². The minimum Gasteiger partial charge on any atom is -0.459 e. The lowest BCUT2D eigenvalue weighted by atomic mass is 9.38. The molecule has 6 fully saturated rings. The molecule has 0 aromatic heterocycles. The Morgan fingerprint density at radius 3 is 2.64 bits per heavy atom. The number of rotatable bonds is 1. The molecule has 0 aromatic rings. The highest BCUT2D eigenvalue weighted by Gasteiger charge is 2.81. The summed E-state index contributed by atoms with van der Waals surface area (Å²) in [6.07, 6.45) is -0.953. The normalized spacial score (nSPS) is 56.6. The first kappa shape index (κ1) is 19.0. The van der Waals surface area contributed by atoms with Crippen LogP contribution < -0.4 is 0 Å². The molecule has 0 radical (unpaired) electrons. The third kappa shape index (κ3) is 1.95. The van der Waals surface area contributed by atoms with E-state index in [-0.39, 0.29) is 17.3 Å². The molecule has 3 N–H and O–H groups in total. The third-order valence-corrected chi connectivity index (χ3v) is 8.69. The standard InChI is InChI=1S/C21H30O7/c1-9-10-7-11-14(12(8-10)27-17(9)24)20-13(22)5-6-19(2,3)15(20)16(23)21(11,25)28-18(20)26-4/h10-16,18,22-23,25H,1,5-8H2,2-4H3/t10-,11-,12-,13-,14-,15+,16-,18-,20+,21+/m0/s1. The zero-order chi connectivity index (χ0) is 20.2. The third-order valence-electron chi connectivity index (χ3n) is 8.69. The zero-order valence-corrected chi connectivity index (χ0v) is 16.6. The minimum absolute atomic E-state index is 0.115. The number of aliphatic hydroxyl groups is 3. The molecule has 156 valence electrons. The fourth-order valence-electron chi connectivity index (χ4n) is 7.65. The van der Waals surface area contributed by atoms with Gasteiger partial charge in [0.2, 0.25) is 0 Å². The van der Waals surface area contributed by atoms with Crippen LogP contribution >= 0.6 is 0 Å². The maximum atomic E-state index is 12.4. The number of fused-ring (bicyclic) bond motifs is 3. The Morgan fingerprint density at radius 1 is 1.25 bits per heavy atom. The molecule has 3 heterocycles. The van der Waals surface area contributed by atoms with Crippen molar-refractivity contribution in [1.29, 1.82) is 0 Å². The number of hydrogen-bond donors (Lipinski definition) is 3. The second-order valence-corrected chi connectivity index (χ2v) is 10.2. The van der Waals surface area contributed by atoms with Crippen LogP contribution in [0, 0.1) is 34.5 Å². The summed E-state index contributed by atoms with van der Waals surface area (Å²) < 4.78 is 17.5. The molecule has 4 bridgehead atoms. The van der Waals surface area contributed by atoms with E-state index in [9.17, 15) is 20.1 Å². The first-order valence-electron chi connectivity index (χ1n) is 10.3. The van der Waals surface area contributed by atoms with Crippen LogP contribution in [0.2, 0.25) is 0 Å². The summed E-state index contributed by atoms with van der Waals surface area (Å²) in [4.78, 5) is 12.4. The number of hydrogen-bond acceptors (Lipinski definition) is 7. The summed E-state index contributed by atoms with van der Waals surface area (Å²) in [6, 6.07) is 0. The molecular formula is C21H30O7. The molecular weight excluding hydrogens is 364 g/mol. The van der Waals surface area contributed by atoms with E-state index in [1.54, 1.807) is 0 Å². The van der Waals surface area contributed by atoms with Crippen LogP contribution in [0.3, 0.4) is 0 Å². The van der Waals surface area contributed by atoms with E-state index in [2.05, 4.69) is 20.4 Å². The summed E-state index contributed by atoms with van der Waals surface area (Å²) in [5, 5.41) is 34.4. The van der Waals surface area contributed by atoms with Crippen LogP contribution in [0.1, 0.15) is 39.5 Å². The van der Waals surface area contributed by atoms with Crippen molar-refractivity contribution in [3.63, 3.8) is 0 Å². The van der Waals surface area contributed by atoms with E-state index in [0.29, 0.717) is 31.3 Å². The predicted molar refractivity (Wildman–Crippen MR) is 96.5 cm³/mol. The lowest BCUT2D eigenvalue weighted by Gasteiger charge is -2.74. The van der Waals surface area contributed by atoms with Crippen molar-refractivity contribution in [3.8, 4) is 0 Å². The van der Waals surface area contributed by atoms with Gasteiger partial charge in [0.05, 0.1) is 11.5 Å². The van der Waals surface area contributed by atoms with Crippen LogP contribution in [0.25, 0.3) is 0 Å². The Morgan fingerprint density at radius 2 is 1.96 bits per heavy atom. The number of esters is 1. The first-order valence-corrected chi connectivity index (χ1v) is 10.3. The highest BCUT2D eigenvalue weighted by molar-refractivity contribution is 5.89. The quantitative estimate of drug-likeness (QED) is 0.449. The summed E-state index contributed by atoms with van der Waals surface area (Å²) in [5.41, 5.74) is -0.896. The van der Waals surface area contributed by atoms with Crippen LogP contribution in [0.5, 0.6) is 0 Å². The van der Waals surface area contributed by atoms with E-state index < -0.39 is 53.6 Å². The Kier molecular flexibility index (Phi) is 3.78. The fraction of sp³-hybridized carbons (Fsp3) is 0.857. The van der Waals surface area contributed by atoms with Gasteiger partial charge >= 0.3 is 5.97 Å². The van der Waals surface area contributed by atoms with Gasteiger partial charge in [-0.1, -0.05) is 20.4 Å². The van der Waals surface area contributed by atoms with E-state index >= 15 is 0 Å². The molecule has 28 heavy (non-hydrogen) atoms. The van der Waals surface area contributed by atoms with Gasteiger partial charge in [-0.05, 0) is 37.0 Å². The van der Waals surface area contributed by atoms with Gasteiger partial charge in [-0.2, -0.15) is 0 Å². The summed E-state index contributed by atoms with van der Waals surface area (Å²) >= 11 is 0. The van der Waals surface area contributed by atoms with Crippen LogP contribution in [0.15, 0.2) is 12.2 Å². The summed E-state index contributed by atoms with van der Waals surface area (Å²) in [6.45, 7) is 7.99. The molecule has 0 unspecified atom stereocenters. The Bertz CT molecular complexity index is 734.